The number of carbonyl (C=O) groups is 1. The highest BCUT2D eigenvalue weighted by Crippen LogP contribution is 2.21. The lowest BCUT2D eigenvalue weighted by molar-refractivity contribution is 0.102. The van der Waals surface area contributed by atoms with Gasteiger partial charge in [-0.2, -0.15) is 8.42 Å². The number of nitrogens with one attached hydrogen (secondary N) is 1. The largest absolute Gasteiger partial charge is 0.319 e. The minimum atomic E-state index is -4.60. The fourth-order valence-corrected chi connectivity index (χ4v) is 2.28. The zero-order valence-electron chi connectivity index (χ0n) is 10.7. The van der Waals surface area contributed by atoms with Crippen LogP contribution in [0.3, 0.4) is 0 Å². The van der Waals surface area contributed by atoms with E-state index in [1.807, 2.05) is 0 Å². The van der Waals surface area contributed by atoms with Gasteiger partial charge in [0.1, 0.15) is 11.6 Å². The van der Waals surface area contributed by atoms with Gasteiger partial charge in [-0.25, -0.2) is 8.78 Å². The fraction of sp³-hybridized carbons (Fsp3) is 0. The van der Waals surface area contributed by atoms with Gasteiger partial charge in [0.05, 0.1) is 16.1 Å². The zero-order chi connectivity index (χ0) is 16.5. The molecule has 2 rings (SSSR count). The van der Waals surface area contributed by atoms with Crippen LogP contribution in [0.15, 0.2) is 41.3 Å². The Bertz CT molecular complexity index is 855. The van der Waals surface area contributed by atoms with Crippen LogP contribution in [0.1, 0.15) is 10.4 Å². The lowest BCUT2D eigenvalue weighted by Gasteiger charge is -2.08. The Morgan fingerprint density at radius 1 is 1.09 bits per heavy atom. The first-order valence-electron chi connectivity index (χ1n) is 5.72. The first-order valence-corrected chi connectivity index (χ1v) is 7.54. The molecule has 0 heterocycles. The standard InChI is InChI=1S/C13H8ClF2NO4S/c14-7-1-4-12(11(16)5-7)17-13(18)9-6-8(22(19,20)21)2-3-10(9)15/h1-6H,(H,17,18)(H,19,20,21). The van der Waals surface area contributed by atoms with Gasteiger partial charge in [-0.3, -0.25) is 9.35 Å². The number of hydrogen-bond acceptors (Lipinski definition) is 3. The van der Waals surface area contributed by atoms with Gasteiger partial charge in [0.15, 0.2) is 0 Å². The van der Waals surface area contributed by atoms with Crippen LogP contribution >= 0.6 is 11.6 Å². The lowest BCUT2D eigenvalue weighted by atomic mass is 10.2. The van der Waals surface area contributed by atoms with Crippen molar-refractivity contribution >= 4 is 33.3 Å². The summed E-state index contributed by atoms with van der Waals surface area (Å²) in [6, 6.07) is 5.57. The highest BCUT2D eigenvalue weighted by molar-refractivity contribution is 7.85. The highest BCUT2D eigenvalue weighted by Gasteiger charge is 2.18. The normalized spacial score (nSPS) is 11.3. The van der Waals surface area contributed by atoms with E-state index in [0.717, 1.165) is 12.1 Å². The maximum atomic E-state index is 13.6. The van der Waals surface area contributed by atoms with Crippen molar-refractivity contribution < 1.29 is 26.5 Å². The molecule has 2 N–H and O–H groups in total. The van der Waals surface area contributed by atoms with Crippen LogP contribution in [0, 0.1) is 11.6 Å². The average Bonchev–Trinajstić information content (AvgIpc) is 2.41. The van der Waals surface area contributed by atoms with Crippen LogP contribution in [0.25, 0.3) is 0 Å². The molecule has 0 aliphatic carbocycles. The molecule has 9 heteroatoms. The molecular formula is C13H8ClF2NO4S. The third-order valence-electron chi connectivity index (χ3n) is 2.66. The topological polar surface area (TPSA) is 83.5 Å². The Morgan fingerprint density at radius 3 is 2.36 bits per heavy atom. The molecular weight excluding hydrogens is 340 g/mol. The molecule has 0 aliphatic rings. The second-order valence-corrected chi connectivity index (χ2v) is 6.05. The summed E-state index contributed by atoms with van der Waals surface area (Å²) < 4.78 is 58.1. The Morgan fingerprint density at radius 2 is 1.77 bits per heavy atom. The molecule has 2 aromatic rings. The summed E-state index contributed by atoms with van der Waals surface area (Å²) in [7, 11) is -4.60. The third-order valence-corrected chi connectivity index (χ3v) is 3.74. The summed E-state index contributed by atoms with van der Waals surface area (Å²) in [5.41, 5.74) is -0.921. The zero-order valence-corrected chi connectivity index (χ0v) is 12.3. The monoisotopic (exact) mass is 347 g/mol. The Labute approximate surface area is 129 Å². The first kappa shape index (κ1) is 16.3. The van der Waals surface area contributed by atoms with Crippen molar-refractivity contribution in [2.24, 2.45) is 0 Å². The maximum Gasteiger partial charge on any atom is 0.294 e. The molecule has 116 valence electrons. The number of amides is 1. The van der Waals surface area contributed by atoms with Crippen LogP contribution < -0.4 is 5.32 Å². The van der Waals surface area contributed by atoms with Gasteiger partial charge < -0.3 is 5.32 Å². The quantitative estimate of drug-likeness (QED) is 0.836. The number of anilines is 1. The van der Waals surface area contributed by atoms with E-state index in [1.54, 1.807) is 0 Å². The van der Waals surface area contributed by atoms with Gasteiger partial charge in [-0.15, -0.1) is 0 Å². The molecule has 0 fully saturated rings. The Hall–Kier alpha value is -2.03. The summed E-state index contributed by atoms with van der Waals surface area (Å²) in [6.45, 7) is 0. The number of halogens is 3. The molecule has 0 atom stereocenters. The van der Waals surface area contributed by atoms with E-state index in [2.05, 4.69) is 5.32 Å². The van der Waals surface area contributed by atoms with Gasteiger partial charge in [-0.1, -0.05) is 11.6 Å². The summed E-state index contributed by atoms with van der Waals surface area (Å²) in [4.78, 5) is 11.3. The van der Waals surface area contributed by atoms with Crippen LogP contribution in [-0.4, -0.2) is 18.9 Å². The third kappa shape index (κ3) is 3.59. The average molecular weight is 348 g/mol. The summed E-state index contributed by atoms with van der Waals surface area (Å²) in [5, 5.41) is 2.19. The van der Waals surface area contributed by atoms with Crippen molar-refractivity contribution in [1.82, 2.24) is 0 Å². The number of benzene rings is 2. The molecule has 2 aromatic carbocycles. The number of hydrogen-bond donors (Lipinski definition) is 2. The molecule has 5 nitrogen and oxygen atoms in total. The number of rotatable bonds is 3. The lowest BCUT2D eigenvalue weighted by Crippen LogP contribution is -2.15. The van der Waals surface area contributed by atoms with E-state index in [-0.39, 0.29) is 10.7 Å². The molecule has 0 unspecified atom stereocenters. The summed E-state index contributed by atoms with van der Waals surface area (Å²) >= 11 is 5.56. The van der Waals surface area contributed by atoms with Crippen molar-refractivity contribution in [3.05, 3.63) is 58.6 Å². The summed E-state index contributed by atoms with van der Waals surface area (Å²) in [6.07, 6.45) is 0. The molecule has 22 heavy (non-hydrogen) atoms. The van der Waals surface area contributed by atoms with E-state index in [4.69, 9.17) is 16.2 Å². The first-order chi connectivity index (χ1) is 10.2. The predicted octanol–water partition coefficient (Wildman–Crippen LogP) is 3.12. The smallest absolute Gasteiger partial charge is 0.294 e. The predicted molar refractivity (Wildman–Crippen MR) is 75.6 cm³/mol. The molecule has 0 aliphatic heterocycles. The minimum absolute atomic E-state index is 0.107. The van der Waals surface area contributed by atoms with Crippen LogP contribution in [0.2, 0.25) is 5.02 Å². The van der Waals surface area contributed by atoms with Gasteiger partial charge >= 0.3 is 0 Å². The molecule has 0 radical (unpaired) electrons. The van der Waals surface area contributed by atoms with Crippen molar-refractivity contribution in [3.63, 3.8) is 0 Å². The second kappa shape index (κ2) is 5.99. The van der Waals surface area contributed by atoms with Crippen LogP contribution in [-0.2, 0) is 10.1 Å². The Balaban J connectivity index is 2.37. The van der Waals surface area contributed by atoms with Crippen LogP contribution in [0.4, 0.5) is 14.5 Å². The maximum absolute atomic E-state index is 13.6. The molecule has 1 amide bonds. The molecule has 0 spiro atoms. The molecule has 0 saturated carbocycles. The molecule has 0 bridgehead atoms. The van der Waals surface area contributed by atoms with Gasteiger partial charge in [0.2, 0.25) is 0 Å². The van der Waals surface area contributed by atoms with Gasteiger partial charge in [0, 0.05) is 5.02 Å². The van der Waals surface area contributed by atoms with E-state index in [1.165, 1.54) is 12.1 Å². The van der Waals surface area contributed by atoms with Gasteiger partial charge in [0.25, 0.3) is 16.0 Å². The van der Waals surface area contributed by atoms with E-state index >= 15 is 0 Å². The SMILES string of the molecule is O=C(Nc1ccc(Cl)cc1F)c1cc(S(=O)(=O)O)ccc1F. The van der Waals surface area contributed by atoms with Gasteiger partial charge in [-0.05, 0) is 36.4 Å². The second-order valence-electron chi connectivity index (χ2n) is 4.20. The van der Waals surface area contributed by atoms with Crippen molar-refractivity contribution in [3.8, 4) is 0 Å². The molecule has 0 aromatic heterocycles. The summed E-state index contributed by atoms with van der Waals surface area (Å²) in [5.74, 6) is -2.95. The van der Waals surface area contributed by atoms with E-state index in [0.29, 0.717) is 12.1 Å². The van der Waals surface area contributed by atoms with E-state index < -0.39 is 38.1 Å². The number of carbonyl (C=O) groups excluding carboxylic acids is 1. The van der Waals surface area contributed by atoms with Crippen molar-refractivity contribution in [1.29, 1.82) is 0 Å². The minimum Gasteiger partial charge on any atom is -0.319 e. The fourth-order valence-electron chi connectivity index (χ4n) is 1.62. The Kier molecular flexibility index (Phi) is 4.45. The molecule has 0 saturated heterocycles. The van der Waals surface area contributed by atoms with Crippen LogP contribution in [0.5, 0.6) is 0 Å². The van der Waals surface area contributed by atoms with E-state index in [9.17, 15) is 22.0 Å². The van der Waals surface area contributed by atoms with Crippen molar-refractivity contribution in [2.45, 2.75) is 4.90 Å². The highest BCUT2D eigenvalue weighted by atomic mass is 35.5. The van der Waals surface area contributed by atoms with Crippen molar-refractivity contribution in [2.75, 3.05) is 5.32 Å².